The highest BCUT2D eigenvalue weighted by Crippen LogP contribution is 2.41. The highest BCUT2D eigenvalue weighted by molar-refractivity contribution is 7.99. The maximum Gasteiger partial charge on any atom is 0.336 e. The molecule has 0 saturated carbocycles. The van der Waals surface area contributed by atoms with Gasteiger partial charge in [0.15, 0.2) is 0 Å². The van der Waals surface area contributed by atoms with Gasteiger partial charge in [0.2, 0.25) is 0 Å². The van der Waals surface area contributed by atoms with Gasteiger partial charge in [-0.05, 0) is 54.9 Å². The van der Waals surface area contributed by atoms with Gasteiger partial charge < -0.3 is 10.0 Å². The van der Waals surface area contributed by atoms with Gasteiger partial charge in [0.25, 0.3) is 0 Å². The Morgan fingerprint density at radius 1 is 1.00 bits per heavy atom. The lowest BCUT2D eigenvalue weighted by atomic mass is 9.94. The Labute approximate surface area is 161 Å². The van der Waals surface area contributed by atoms with Crippen LogP contribution in [-0.2, 0) is 12.8 Å². The van der Waals surface area contributed by atoms with E-state index in [2.05, 4.69) is 43.9 Å². The summed E-state index contributed by atoms with van der Waals surface area (Å²) in [5.74, 6) is -0.811. The SMILES string of the molecule is CCN(CC)CC.CCc1ccc2c(c1C(=O)O)Cc1ccccc1S2. The van der Waals surface area contributed by atoms with Crippen molar-refractivity contribution in [3.8, 4) is 0 Å². The molecule has 4 heteroatoms. The Morgan fingerprint density at radius 2 is 1.65 bits per heavy atom. The van der Waals surface area contributed by atoms with Crippen LogP contribution < -0.4 is 0 Å². The molecule has 0 saturated heterocycles. The van der Waals surface area contributed by atoms with Gasteiger partial charge in [-0.25, -0.2) is 4.79 Å². The van der Waals surface area contributed by atoms with Crippen LogP contribution in [0.15, 0.2) is 46.2 Å². The van der Waals surface area contributed by atoms with Crippen LogP contribution in [0, 0.1) is 0 Å². The number of aromatic carboxylic acids is 1. The number of rotatable bonds is 5. The van der Waals surface area contributed by atoms with Crippen molar-refractivity contribution in [1.82, 2.24) is 4.90 Å². The number of aryl methyl sites for hydroxylation is 1. The maximum absolute atomic E-state index is 11.6. The summed E-state index contributed by atoms with van der Waals surface area (Å²) in [6.45, 7) is 12.1. The predicted molar refractivity (Wildman–Crippen MR) is 110 cm³/mol. The predicted octanol–water partition coefficient (Wildman–Crippen LogP) is 5.35. The van der Waals surface area contributed by atoms with Crippen molar-refractivity contribution >= 4 is 17.7 Å². The molecular weight excluding hydrogens is 342 g/mol. The zero-order chi connectivity index (χ0) is 19.1. The number of benzene rings is 2. The normalized spacial score (nSPS) is 12.0. The van der Waals surface area contributed by atoms with Crippen molar-refractivity contribution in [3.05, 3.63) is 58.7 Å². The van der Waals surface area contributed by atoms with Crippen molar-refractivity contribution < 1.29 is 9.90 Å². The first-order chi connectivity index (χ1) is 12.5. The summed E-state index contributed by atoms with van der Waals surface area (Å²) >= 11 is 1.67. The Bertz CT molecular complexity index is 748. The summed E-state index contributed by atoms with van der Waals surface area (Å²) in [6.07, 6.45) is 1.47. The molecule has 0 spiro atoms. The van der Waals surface area contributed by atoms with Crippen molar-refractivity contribution in [3.63, 3.8) is 0 Å². The van der Waals surface area contributed by atoms with E-state index in [0.717, 1.165) is 22.4 Å². The monoisotopic (exact) mass is 371 g/mol. The fourth-order valence-corrected chi connectivity index (χ4v) is 4.33. The van der Waals surface area contributed by atoms with Crippen LogP contribution >= 0.6 is 11.8 Å². The lowest BCUT2D eigenvalue weighted by Gasteiger charge is -2.22. The maximum atomic E-state index is 11.6. The first-order valence-corrected chi connectivity index (χ1v) is 10.2. The van der Waals surface area contributed by atoms with Gasteiger partial charge in [0.05, 0.1) is 5.56 Å². The van der Waals surface area contributed by atoms with Crippen molar-refractivity contribution in [1.29, 1.82) is 0 Å². The number of carboxylic acids is 1. The van der Waals surface area contributed by atoms with E-state index in [0.29, 0.717) is 12.0 Å². The zero-order valence-corrected chi connectivity index (χ0v) is 17.0. The highest BCUT2D eigenvalue weighted by Gasteiger charge is 2.23. The number of hydrogen-bond donors (Lipinski definition) is 1. The number of carbonyl (C=O) groups is 1. The molecule has 1 aliphatic heterocycles. The van der Waals surface area contributed by atoms with Gasteiger partial charge in [-0.3, -0.25) is 0 Å². The minimum atomic E-state index is -0.811. The van der Waals surface area contributed by atoms with E-state index < -0.39 is 5.97 Å². The van der Waals surface area contributed by atoms with Crippen LogP contribution in [0.3, 0.4) is 0 Å². The molecule has 3 nitrogen and oxygen atoms in total. The second-order valence-corrected chi connectivity index (χ2v) is 7.32. The van der Waals surface area contributed by atoms with Crippen LogP contribution in [0.5, 0.6) is 0 Å². The van der Waals surface area contributed by atoms with Crippen molar-refractivity contribution in [2.24, 2.45) is 0 Å². The molecule has 1 heterocycles. The molecule has 1 aliphatic rings. The molecule has 0 amide bonds. The van der Waals surface area contributed by atoms with E-state index in [1.54, 1.807) is 11.8 Å². The lowest BCUT2D eigenvalue weighted by Crippen LogP contribution is -2.21. The van der Waals surface area contributed by atoms with Crippen LogP contribution in [0.1, 0.15) is 54.7 Å². The zero-order valence-electron chi connectivity index (χ0n) is 16.2. The van der Waals surface area contributed by atoms with Gasteiger partial charge >= 0.3 is 5.97 Å². The van der Waals surface area contributed by atoms with E-state index >= 15 is 0 Å². The summed E-state index contributed by atoms with van der Waals surface area (Å²) in [4.78, 5) is 16.2. The molecule has 0 aromatic heterocycles. The minimum Gasteiger partial charge on any atom is -0.478 e. The second-order valence-electron chi connectivity index (χ2n) is 6.24. The average Bonchev–Trinajstić information content (AvgIpc) is 2.67. The fraction of sp³-hybridized carbons (Fsp3) is 0.409. The smallest absolute Gasteiger partial charge is 0.336 e. The van der Waals surface area contributed by atoms with E-state index in [4.69, 9.17) is 0 Å². The van der Waals surface area contributed by atoms with Gasteiger partial charge in [0, 0.05) is 16.2 Å². The largest absolute Gasteiger partial charge is 0.478 e. The molecule has 0 aliphatic carbocycles. The molecule has 26 heavy (non-hydrogen) atoms. The quantitative estimate of drug-likeness (QED) is 0.656. The summed E-state index contributed by atoms with van der Waals surface area (Å²) in [5, 5.41) is 9.49. The van der Waals surface area contributed by atoms with Gasteiger partial charge in [-0.2, -0.15) is 0 Å². The Morgan fingerprint density at radius 3 is 2.19 bits per heavy atom. The van der Waals surface area contributed by atoms with Crippen molar-refractivity contribution in [2.75, 3.05) is 19.6 Å². The Hall–Kier alpha value is -1.78. The second kappa shape index (κ2) is 9.79. The molecular formula is C22H29NO2S. The molecule has 2 aromatic carbocycles. The molecule has 3 rings (SSSR count). The van der Waals surface area contributed by atoms with Gasteiger partial charge in [-0.1, -0.05) is 63.7 Å². The molecule has 0 unspecified atom stereocenters. The number of hydrogen-bond acceptors (Lipinski definition) is 3. The van der Waals surface area contributed by atoms with Gasteiger partial charge in [0.1, 0.15) is 0 Å². The Kier molecular flexibility index (Phi) is 7.73. The van der Waals surface area contributed by atoms with Crippen LogP contribution in [0.4, 0.5) is 0 Å². The number of fused-ring (bicyclic) bond motifs is 2. The summed E-state index contributed by atoms with van der Waals surface area (Å²) in [5.41, 5.74) is 3.61. The Balaban J connectivity index is 0.000000298. The lowest BCUT2D eigenvalue weighted by molar-refractivity contribution is 0.0694. The van der Waals surface area contributed by atoms with E-state index in [9.17, 15) is 9.90 Å². The third-order valence-electron chi connectivity index (χ3n) is 4.85. The molecule has 0 atom stereocenters. The fourth-order valence-electron chi connectivity index (χ4n) is 3.24. The van der Waals surface area contributed by atoms with E-state index in [1.165, 1.54) is 30.1 Å². The number of nitrogens with zero attached hydrogens (tertiary/aromatic N) is 1. The standard InChI is InChI=1S/C16H14O2S.C6H15N/c1-2-10-7-8-14-12(15(10)16(17)18)9-11-5-3-4-6-13(11)19-14;1-4-7(5-2)6-3/h3-8H,2,9H2,1H3,(H,17,18);4-6H2,1-3H3. The summed E-state index contributed by atoms with van der Waals surface area (Å²) in [6, 6.07) is 12.2. The van der Waals surface area contributed by atoms with Crippen molar-refractivity contribution in [2.45, 2.75) is 50.3 Å². The topological polar surface area (TPSA) is 40.5 Å². The highest BCUT2D eigenvalue weighted by atomic mass is 32.2. The first kappa shape index (κ1) is 20.5. The minimum absolute atomic E-state index is 0.502. The van der Waals surface area contributed by atoms with E-state index in [-0.39, 0.29) is 0 Å². The summed E-state index contributed by atoms with van der Waals surface area (Å²) in [7, 11) is 0. The molecule has 140 valence electrons. The average molecular weight is 372 g/mol. The number of carboxylic acid groups (broad SMARTS) is 1. The van der Waals surface area contributed by atoms with Crippen LogP contribution in [-0.4, -0.2) is 35.6 Å². The molecule has 0 fully saturated rings. The molecule has 1 N–H and O–H groups in total. The first-order valence-electron chi connectivity index (χ1n) is 9.41. The third-order valence-corrected chi connectivity index (χ3v) is 6.07. The van der Waals surface area contributed by atoms with Gasteiger partial charge in [-0.15, -0.1) is 0 Å². The molecule has 0 bridgehead atoms. The summed E-state index contributed by atoms with van der Waals surface area (Å²) < 4.78 is 0. The van der Waals surface area contributed by atoms with E-state index in [1.807, 2.05) is 25.1 Å². The van der Waals surface area contributed by atoms with Crippen LogP contribution in [0.2, 0.25) is 0 Å². The molecule has 2 aromatic rings. The van der Waals surface area contributed by atoms with Crippen LogP contribution in [0.25, 0.3) is 0 Å². The molecule has 0 radical (unpaired) electrons. The third kappa shape index (κ3) is 4.68.